The monoisotopic (exact) mass is 308 g/mol. The first kappa shape index (κ1) is 14.5. The normalized spacial score (nSPS) is 22.8. The van der Waals surface area contributed by atoms with E-state index in [1.165, 1.54) is 4.88 Å². The predicted molar refractivity (Wildman–Crippen MR) is 85.3 cm³/mol. The maximum Gasteiger partial charge on any atom is 0.225 e. The summed E-state index contributed by atoms with van der Waals surface area (Å²) in [6.07, 6.45) is -0.163. The second kappa shape index (κ2) is 5.75. The number of hydrogen-bond donors (Lipinski definition) is 2. The topological polar surface area (TPSA) is 70.5 Å². The van der Waals surface area contributed by atoms with Crippen LogP contribution in [0.4, 0.5) is 11.8 Å². The molecule has 1 fully saturated rings. The molecule has 3 heterocycles. The van der Waals surface area contributed by atoms with E-state index in [0.717, 1.165) is 16.0 Å². The first-order valence-corrected chi connectivity index (χ1v) is 7.89. The third kappa shape index (κ3) is 2.68. The Labute approximate surface area is 127 Å². The van der Waals surface area contributed by atoms with Gasteiger partial charge in [0.1, 0.15) is 10.6 Å². The van der Waals surface area contributed by atoms with Crippen LogP contribution in [0.15, 0.2) is 6.07 Å². The number of morpholine rings is 1. The molecular weight excluding hydrogens is 288 g/mol. The van der Waals surface area contributed by atoms with Crippen molar-refractivity contribution in [3.05, 3.63) is 10.9 Å². The molecule has 21 heavy (non-hydrogen) atoms. The van der Waals surface area contributed by atoms with Crippen molar-refractivity contribution in [3.8, 4) is 0 Å². The van der Waals surface area contributed by atoms with E-state index in [1.807, 2.05) is 7.05 Å². The molecule has 2 unspecified atom stereocenters. The molecule has 0 aliphatic carbocycles. The molecule has 0 spiro atoms. The fourth-order valence-corrected chi connectivity index (χ4v) is 3.45. The second-order valence-electron chi connectivity index (χ2n) is 5.34. The SMILES string of the molecule is CNc1nc(N2CC(CO)OCC2C)c2cc(C)sc2n1. The zero-order valence-corrected chi connectivity index (χ0v) is 13.3. The van der Waals surface area contributed by atoms with Gasteiger partial charge in [0.15, 0.2) is 0 Å². The number of thiophene rings is 1. The van der Waals surface area contributed by atoms with Crippen molar-refractivity contribution in [3.63, 3.8) is 0 Å². The lowest BCUT2D eigenvalue weighted by molar-refractivity contribution is -0.0104. The number of aliphatic hydroxyl groups is 1. The quantitative estimate of drug-likeness (QED) is 0.898. The van der Waals surface area contributed by atoms with Gasteiger partial charge in [0.05, 0.1) is 30.7 Å². The summed E-state index contributed by atoms with van der Waals surface area (Å²) >= 11 is 1.67. The maximum atomic E-state index is 9.37. The Morgan fingerprint density at radius 2 is 2.33 bits per heavy atom. The van der Waals surface area contributed by atoms with Crippen LogP contribution in [-0.4, -0.2) is 54.0 Å². The molecule has 6 nitrogen and oxygen atoms in total. The van der Waals surface area contributed by atoms with Gasteiger partial charge in [0.2, 0.25) is 5.95 Å². The Hall–Kier alpha value is -1.44. The highest BCUT2D eigenvalue weighted by Gasteiger charge is 2.28. The minimum atomic E-state index is -0.163. The molecule has 0 bridgehead atoms. The van der Waals surface area contributed by atoms with E-state index in [0.29, 0.717) is 19.1 Å². The Kier molecular flexibility index (Phi) is 3.97. The number of aryl methyl sites for hydroxylation is 1. The lowest BCUT2D eigenvalue weighted by Gasteiger charge is -2.38. The molecule has 0 amide bonds. The summed E-state index contributed by atoms with van der Waals surface area (Å²) in [5, 5.41) is 13.5. The summed E-state index contributed by atoms with van der Waals surface area (Å²) in [7, 11) is 1.82. The molecule has 7 heteroatoms. The van der Waals surface area contributed by atoms with Gasteiger partial charge < -0.3 is 20.1 Å². The lowest BCUT2D eigenvalue weighted by Crippen LogP contribution is -2.50. The highest BCUT2D eigenvalue weighted by atomic mass is 32.1. The highest BCUT2D eigenvalue weighted by molar-refractivity contribution is 7.18. The summed E-state index contributed by atoms with van der Waals surface area (Å²) in [5.74, 6) is 1.54. The third-order valence-corrected chi connectivity index (χ3v) is 4.65. The Morgan fingerprint density at radius 1 is 1.52 bits per heavy atom. The standard InChI is InChI=1S/C14H20N4O2S/c1-8-7-20-10(6-19)5-18(8)12-11-4-9(2)21-13(11)17-14(15-3)16-12/h4,8,10,19H,5-7H2,1-3H3,(H,15,16,17). The number of aliphatic hydroxyl groups excluding tert-OH is 1. The van der Waals surface area contributed by atoms with Crippen LogP contribution >= 0.6 is 11.3 Å². The van der Waals surface area contributed by atoms with E-state index in [4.69, 9.17) is 4.74 Å². The number of hydrogen-bond acceptors (Lipinski definition) is 7. The van der Waals surface area contributed by atoms with E-state index >= 15 is 0 Å². The molecule has 2 N–H and O–H groups in total. The number of nitrogens with zero attached hydrogens (tertiary/aromatic N) is 3. The van der Waals surface area contributed by atoms with E-state index in [2.05, 4.69) is 40.1 Å². The lowest BCUT2D eigenvalue weighted by atomic mass is 10.2. The van der Waals surface area contributed by atoms with Crippen molar-refractivity contribution in [2.45, 2.75) is 26.0 Å². The van der Waals surface area contributed by atoms with E-state index in [1.54, 1.807) is 11.3 Å². The number of aromatic nitrogens is 2. The van der Waals surface area contributed by atoms with Crippen molar-refractivity contribution in [2.75, 3.05) is 37.0 Å². The number of ether oxygens (including phenoxy) is 1. The average Bonchev–Trinajstić information content (AvgIpc) is 2.87. The van der Waals surface area contributed by atoms with Crippen molar-refractivity contribution >= 4 is 33.3 Å². The Bertz CT molecular complexity index is 645. The summed E-state index contributed by atoms with van der Waals surface area (Å²) in [6.45, 7) is 5.45. The van der Waals surface area contributed by atoms with Crippen LogP contribution in [0, 0.1) is 6.92 Å². The fourth-order valence-electron chi connectivity index (χ4n) is 2.58. The average molecular weight is 308 g/mol. The molecule has 114 valence electrons. The Balaban J connectivity index is 2.08. The summed E-state index contributed by atoms with van der Waals surface area (Å²) in [4.78, 5) is 13.6. The minimum absolute atomic E-state index is 0.0268. The van der Waals surface area contributed by atoms with Crippen LogP contribution in [-0.2, 0) is 4.74 Å². The van der Waals surface area contributed by atoms with Gasteiger partial charge in [-0.2, -0.15) is 4.98 Å². The van der Waals surface area contributed by atoms with Gasteiger partial charge >= 0.3 is 0 Å². The molecule has 0 saturated carbocycles. The molecule has 1 aliphatic rings. The zero-order valence-electron chi connectivity index (χ0n) is 12.5. The second-order valence-corrected chi connectivity index (χ2v) is 6.57. The first-order valence-electron chi connectivity index (χ1n) is 7.07. The van der Waals surface area contributed by atoms with Crippen molar-refractivity contribution in [1.82, 2.24) is 9.97 Å². The molecule has 3 rings (SSSR count). The minimum Gasteiger partial charge on any atom is -0.394 e. The van der Waals surface area contributed by atoms with E-state index in [-0.39, 0.29) is 18.8 Å². The van der Waals surface area contributed by atoms with Crippen LogP contribution in [0.2, 0.25) is 0 Å². The van der Waals surface area contributed by atoms with Crippen LogP contribution in [0.5, 0.6) is 0 Å². The smallest absolute Gasteiger partial charge is 0.225 e. The number of rotatable bonds is 3. The molecular formula is C14H20N4O2S. The van der Waals surface area contributed by atoms with E-state index in [9.17, 15) is 5.11 Å². The van der Waals surface area contributed by atoms with E-state index < -0.39 is 0 Å². The number of nitrogens with one attached hydrogen (secondary N) is 1. The summed E-state index contributed by atoms with van der Waals surface area (Å²) in [6, 6.07) is 2.35. The molecule has 1 saturated heterocycles. The van der Waals surface area contributed by atoms with Crippen LogP contribution in [0.1, 0.15) is 11.8 Å². The molecule has 2 aromatic heterocycles. The number of anilines is 2. The van der Waals surface area contributed by atoms with Gasteiger partial charge in [-0.15, -0.1) is 11.3 Å². The molecule has 2 atom stereocenters. The van der Waals surface area contributed by atoms with Gasteiger partial charge in [-0.1, -0.05) is 0 Å². The van der Waals surface area contributed by atoms with Crippen molar-refractivity contribution in [1.29, 1.82) is 0 Å². The van der Waals surface area contributed by atoms with Crippen molar-refractivity contribution < 1.29 is 9.84 Å². The fraction of sp³-hybridized carbons (Fsp3) is 0.571. The first-order chi connectivity index (χ1) is 10.1. The third-order valence-electron chi connectivity index (χ3n) is 3.70. The molecule has 0 radical (unpaired) electrons. The van der Waals surface area contributed by atoms with Crippen LogP contribution < -0.4 is 10.2 Å². The van der Waals surface area contributed by atoms with Gasteiger partial charge in [0.25, 0.3) is 0 Å². The largest absolute Gasteiger partial charge is 0.394 e. The van der Waals surface area contributed by atoms with Gasteiger partial charge in [-0.3, -0.25) is 0 Å². The van der Waals surface area contributed by atoms with Crippen LogP contribution in [0.25, 0.3) is 10.2 Å². The molecule has 1 aliphatic heterocycles. The highest BCUT2D eigenvalue weighted by Crippen LogP contribution is 2.33. The van der Waals surface area contributed by atoms with Crippen molar-refractivity contribution in [2.24, 2.45) is 0 Å². The summed E-state index contributed by atoms with van der Waals surface area (Å²) in [5.41, 5.74) is 0. The molecule has 2 aromatic rings. The molecule has 0 aromatic carbocycles. The van der Waals surface area contributed by atoms with Gasteiger partial charge in [-0.25, -0.2) is 4.98 Å². The van der Waals surface area contributed by atoms with Gasteiger partial charge in [-0.05, 0) is 19.9 Å². The predicted octanol–water partition coefficient (Wildman–Crippen LogP) is 1.63. The Morgan fingerprint density at radius 3 is 3.05 bits per heavy atom. The number of fused-ring (bicyclic) bond motifs is 1. The maximum absolute atomic E-state index is 9.37. The van der Waals surface area contributed by atoms with Gasteiger partial charge in [0, 0.05) is 18.5 Å². The zero-order chi connectivity index (χ0) is 15.0. The summed E-state index contributed by atoms with van der Waals surface area (Å²) < 4.78 is 5.62. The van der Waals surface area contributed by atoms with Crippen LogP contribution in [0.3, 0.4) is 0 Å².